The molecule has 5 nitrogen and oxygen atoms in total. The first kappa shape index (κ1) is 12.9. The third-order valence-corrected chi connectivity index (χ3v) is 2.73. The Morgan fingerprint density at radius 2 is 2.17 bits per heavy atom. The number of hydrogen-bond donors (Lipinski definition) is 1. The van der Waals surface area contributed by atoms with Crippen LogP contribution in [-0.2, 0) is 16.1 Å². The summed E-state index contributed by atoms with van der Waals surface area (Å²) < 4.78 is 10.6. The number of aliphatic hydroxyl groups excluding tert-OH is 1. The molecule has 0 saturated carbocycles. The van der Waals surface area contributed by atoms with Gasteiger partial charge in [-0.1, -0.05) is 30.3 Å². The topological polar surface area (TPSA) is 59.0 Å². The van der Waals surface area contributed by atoms with Crippen LogP contribution >= 0.6 is 0 Å². The molecule has 0 radical (unpaired) electrons. The molecule has 2 rings (SSSR count). The number of aliphatic hydroxyl groups is 1. The first-order chi connectivity index (χ1) is 8.79. The molecule has 1 aliphatic rings. The molecule has 0 bridgehead atoms. The van der Waals surface area contributed by atoms with Crippen LogP contribution in [-0.4, -0.2) is 48.5 Å². The van der Waals surface area contributed by atoms with Gasteiger partial charge in [-0.2, -0.15) is 0 Å². The monoisotopic (exact) mass is 251 g/mol. The zero-order valence-corrected chi connectivity index (χ0v) is 10.1. The number of benzene rings is 1. The maximum absolute atomic E-state index is 11.3. The van der Waals surface area contributed by atoms with Gasteiger partial charge < -0.3 is 19.5 Å². The van der Waals surface area contributed by atoms with Gasteiger partial charge in [-0.25, -0.2) is 4.79 Å². The second-order valence-corrected chi connectivity index (χ2v) is 4.18. The van der Waals surface area contributed by atoms with Gasteiger partial charge in [0.25, 0.3) is 0 Å². The molecule has 0 aliphatic carbocycles. The lowest BCUT2D eigenvalue weighted by atomic mass is 10.2. The van der Waals surface area contributed by atoms with Crippen molar-refractivity contribution >= 4 is 6.09 Å². The fourth-order valence-corrected chi connectivity index (χ4v) is 1.85. The normalized spacial score (nSPS) is 19.1. The van der Waals surface area contributed by atoms with E-state index in [1.165, 1.54) is 4.90 Å². The van der Waals surface area contributed by atoms with Crippen molar-refractivity contribution in [1.82, 2.24) is 4.90 Å². The highest BCUT2D eigenvalue weighted by Gasteiger charge is 2.30. The number of rotatable bonds is 6. The molecule has 0 aromatic heterocycles. The predicted octanol–water partition coefficient (Wildman–Crippen LogP) is 1.02. The highest BCUT2D eigenvalue weighted by molar-refractivity contribution is 5.69. The van der Waals surface area contributed by atoms with E-state index in [9.17, 15) is 4.79 Å². The molecule has 1 aromatic carbocycles. The van der Waals surface area contributed by atoms with Gasteiger partial charge in [0.1, 0.15) is 6.10 Å². The summed E-state index contributed by atoms with van der Waals surface area (Å²) in [5.74, 6) is 0. The Morgan fingerprint density at radius 1 is 1.39 bits per heavy atom. The van der Waals surface area contributed by atoms with Crippen LogP contribution in [0.3, 0.4) is 0 Å². The number of amides is 1. The van der Waals surface area contributed by atoms with Gasteiger partial charge in [-0.05, 0) is 5.56 Å². The minimum Gasteiger partial charge on any atom is -0.442 e. The summed E-state index contributed by atoms with van der Waals surface area (Å²) in [6.07, 6.45) is -0.620. The lowest BCUT2D eigenvalue weighted by Crippen LogP contribution is -2.29. The van der Waals surface area contributed by atoms with E-state index >= 15 is 0 Å². The van der Waals surface area contributed by atoms with Crippen LogP contribution in [0.2, 0.25) is 0 Å². The second kappa shape index (κ2) is 6.37. The highest BCUT2D eigenvalue weighted by Crippen LogP contribution is 2.11. The maximum Gasteiger partial charge on any atom is 0.410 e. The fourth-order valence-electron chi connectivity index (χ4n) is 1.85. The van der Waals surface area contributed by atoms with Crippen molar-refractivity contribution in [3.63, 3.8) is 0 Å². The van der Waals surface area contributed by atoms with E-state index in [2.05, 4.69) is 0 Å². The molecule has 1 saturated heterocycles. The van der Waals surface area contributed by atoms with Crippen LogP contribution in [0.25, 0.3) is 0 Å². The van der Waals surface area contributed by atoms with Crippen LogP contribution in [0.15, 0.2) is 30.3 Å². The molecule has 1 amide bonds. The number of cyclic esters (lactones) is 1. The first-order valence-corrected chi connectivity index (χ1v) is 5.97. The molecule has 1 atom stereocenters. The minimum atomic E-state index is -0.377. The number of carbonyl (C=O) groups excluding carboxylic acids is 1. The van der Waals surface area contributed by atoms with Gasteiger partial charge in [0.05, 0.1) is 26.4 Å². The minimum absolute atomic E-state index is 0.0489. The van der Waals surface area contributed by atoms with E-state index in [-0.39, 0.29) is 18.8 Å². The summed E-state index contributed by atoms with van der Waals surface area (Å²) in [6.45, 7) is 1.63. The lowest BCUT2D eigenvalue weighted by Gasteiger charge is -2.10. The van der Waals surface area contributed by atoms with E-state index in [0.717, 1.165) is 5.56 Å². The van der Waals surface area contributed by atoms with E-state index in [0.29, 0.717) is 26.3 Å². The Kier molecular flexibility index (Phi) is 4.55. The van der Waals surface area contributed by atoms with Crippen LogP contribution in [0, 0.1) is 0 Å². The van der Waals surface area contributed by atoms with Crippen LogP contribution in [0.4, 0.5) is 4.79 Å². The van der Waals surface area contributed by atoms with Gasteiger partial charge in [-0.3, -0.25) is 0 Å². The van der Waals surface area contributed by atoms with Crippen LogP contribution < -0.4 is 0 Å². The molecule has 1 fully saturated rings. The number of β-amino-alcohol motifs (C(OH)–C–C–N with tert-alkyl or cyclic N) is 1. The van der Waals surface area contributed by atoms with Crippen molar-refractivity contribution in [2.45, 2.75) is 12.7 Å². The van der Waals surface area contributed by atoms with Crippen molar-refractivity contribution in [1.29, 1.82) is 0 Å². The van der Waals surface area contributed by atoms with Gasteiger partial charge in [0, 0.05) is 6.54 Å². The Morgan fingerprint density at radius 3 is 2.89 bits per heavy atom. The highest BCUT2D eigenvalue weighted by atomic mass is 16.6. The molecule has 1 heterocycles. The van der Waals surface area contributed by atoms with Crippen molar-refractivity contribution in [3.8, 4) is 0 Å². The average molecular weight is 251 g/mol. The van der Waals surface area contributed by atoms with Crippen molar-refractivity contribution in [2.24, 2.45) is 0 Å². The summed E-state index contributed by atoms with van der Waals surface area (Å²) >= 11 is 0. The molecule has 1 unspecified atom stereocenters. The summed E-state index contributed by atoms with van der Waals surface area (Å²) in [4.78, 5) is 12.8. The van der Waals surface area contributed by atoms with Gasteiger partial charge in [0.15, 0.2) is 0 Å². The Balaban J connectivity index is 1.70. The SMILES string of the molecule is O=C1OC(COCc2ccccc2)CN1CCO. The number of nitrogens with zero attached hydrogens (tertiary/aromatic N) is 1. The van der Waals surface area contributed by atoms with Gasteiger partial charge in [0.2, 0.25) is 0 Å². The molecule has 1 aromatic rings. The molecular weight excluding hydrogens is 234 g/mol. The molecule has 0 spiro atoms. The predicted molar refractivity (Wildman–Crippen MR) is 65.0 cm³/mol. The van der Waals surface area contributed by atoms with Crippen LogP contribution in [0.5, 0.6) is 0 Å². The number of carbonyl (C=O) groups is 1. The number of hydrogen-bond acceptors (Lipinski definition) is 4. The molecule has 98 valence electrons. The molecule has 1 N–H and O–H groups in total. The third kappa shape index (κ3) is 3.45. The standard InChI is InChI=1S/C13H17NO4/c15-7-6-14-8-12(18-13(14)16)10-17-9-11-4-2-1-3-5-11/h1-5,12,15H,6-10H2. The van der Waals surface area contributed by atoms with E-state index in [4.69, 9.17) is 14.6 Å². The van der Waals surface area contributed by atoms with E-state index in [1.54, 1.807) is 0 Å². The summed E-state index contributed by atoms with van der Waals surface area (Å²) in [5, 5.41) is 8.77. The number of ether oxygens (including phenoxy) is 2. The smallest absolute Gasteiger partial charge is 0.410 e. The largest absolute Gasteiger partial charge is 0.442 e. The summed E-state index contributed by atoms with van der Waals surface area (Å²) in [6, 6.07) is 9.83. The zero-order chi connectivity index (χ0) is 12.8. The Labute approximate surface area is 106 Å². The quantitative estimate of drug-likeness (QED) is 0.820. The Bertz CT molecular complexity index is 382. The van der Waals surface area contributed by atoms with Crippen molar-refractivity contribution in [3.05, 3.63) is 35.9 Å². The maximum atomic E-state index is 11.3. The van der Waals surface area contributed by atoms with Gasteiger partial charge in [-0.15, -0.1) is 0 Å². The molecular formula is C13H17NO4. The van der Waals surface area contributed by atoms with Gasteiger partial charge >= 0.3 is 6.09 Å². The summed E-state index contributed by atoms with van der Waals surface area (Å²) in [5.41, 5.74) is 1.09. The van der Waals surface area contributed by atoms with Crippen molar-refractivity contribution in [2.75, 3.05) is 26.3 Å². The average Bonchev–Trinajstić information content (AvgIpc) is 2.72. The summed E-state index contributed by atoms with van der Waals surface area (Å²) in [7, 11) is 0. The third-order valence-electron chi connectivity index (χ3n) is 2.73. The molecule has 1 aliphatic heterocycles. The molecule has 18 heavy (non-hydrogen) atoms. The van der Waals surface area contributed by atoms with E-state index in [1.807, 2.05) is 30.3 Å². The molecule has 5 heteroatoms. The van der Waals surface area contributed by atoms with E-state index < -0.39 is 0 Å². The fraction of sp³-hybridized carbons (Fsp3) is 0.462. The van der Waals surface area contributed by atoms with Crippen LogP contribution in [0.1, 0.15) is 5.56 Å². The second-order valence-electron chi connectivity index (χ2n) is 4.18. The zero-order valence-electron chi connectivity index (χ0n) is 10.1. The lowest BCUT2D eigenvalue weighted by molar-refractivity contribution is 0.0381. The first-order valence-electron chi connectivity index (χ1n) is 5.97. The Hall–Kier alpha value is -1.59. The van der Waals surface area contributed by atoms with Crippen molar-refractivity contribution < 1.29 is 19.4 Å².